The lowest BCUT2D eigenvalue weighted by Gasteiger charge is -2.41. The van der Waals surface area contributed by atoms with Gasteiger partial charge in [-0.05, 0) is 55.7 Å². The largest absolute Gasteiger partial charge is 0.482 e. The van der Waals surface area contributed by atoms with Gasteiger partial charge in [0, 0.05) is 24.7 Å². The zero-order valence-corrected chi connectivity index (χ0v) is 21.3. The first kappa shape index (κ1) is 25.6. The van der Waals surface area contributed by atoms with E-state index in [0.29, 0.717) is 23.5 Å². The molecule has 2 aliphatic rings. The molecule has 38 heavy (non-hydrogen) atoms. The Morgan fingerprint density at radius 2 is 1.92 bits per heavy atom. The number of hydrogen-bond donors (Lipinski definition) is 4. The topological polar surface area (TPSA) is 153 Å². The van der Waals surface area contributed by atoms with Crippen molar-refractivity contribution in [3.8, 4) is 5.75 Å². The number of fused-ring (bicyclic) bond motifs is 2. The summed E-state index contributed by atoms with van der Waals surface area (Å²) in [6.07, 6.45) is 4.41. The Bertz CT molecular complexity index is 1420. The van der Waals surface area contributed by atoms with Crippen molar-refractivity contribution < 1.29 is 23.5 Å². The number of nitrogens with two attached hydrogens (primary N) is 1. The van der Waals surface area contributed by atoms with E-state index in [-0.39, 0.29) is 47.0 Å². The molecule has 0 saturated heterocycles. The van der Waals surface area contributed by atoms with E-state index in [4.69, 9.17) is 10.5 Å². The average Bonchev–Trinajstić information content (AvgIpc) is 3.27. The van der Waals surface area contributed by atoms with Crippen molar-refractivity contribution in [1.82, 2.24) is 25.2 Å². The molecule has 3 aromatic rings. The van der Waals surface area contributed by atoms with Gasteiger partial charge in [-0.15, -0.1) is 0 Å². The summed E-state index contributed by atoms with van der Waals surface area (Å²) < 4.78 is 20.9. The van der Waals surface area contributed by atoms with Crippen molar-refractivity contribution in [3.05, 3.63) is 53.2 Å². The van der Waals surface area contributed by atoms with Crippen LogP contribution >= 0.6 is 0 Å². The van der Waals surface area contributed by atoms with Crippen LogP contribution in [0.3, 0.4) is 0 Å². The minimum absolute atomic E-state index is 0.000708. The molecule has 5 N–H and O–H groups in total. The summed E-state index contributed by atoms with van der Waals surface area (Å²) in [5.74, 6) is -1.55. The third kappa shape index (κ3) is 5.30. The normalized spacial score (nSPS) is 22.8. The number of nitrogens with zero attached hydrogens (tertiary/aromatic N) is 3. The fourth-order valence-corrected chi connectivity index (χ4v) is 4.71. The number of carbonyl (C=O) groups is 3. The molecule has 1 aromatic carbocycles. The summed E-state index contributed by atoms with van der Waals surface area (Å²) >= 11 is 0. The van der Waals surface area contributed by atoms with Crippen LogP contribution in [0.15, 0.2) is 30.5 Å². The minimum atomic E-state index is -0.749. The van der Waals surface area contributed by atoms with Gasteiger partial charge in [-0.2, -0.15) is 5.10 Å². The number of rotatable bonds is 6. The first-order valence-electron chi connectivity index (χ1n) is 12.5. The highest BCUT2D eigenvalue weighted by molar-refractivity contribution is 5.98. The second-order valence-electron chi connectivity index (χ2n) is 10.8. The summed E-state index contributed by atoms with van der Waals surface area (Å²) in [5, 5.41) is 12.3. The van der Waals surface area contributed by atoms with Crippen LogP contribution in [0.25, 0.3) is 5.65 Å². The van der Waals surface area contributed by atoms with Gasteiger partial charge in [0.1, 0.15) is 17.1 Å². The van der Waals surface area contributed by atoms with E-state index in [1.54, 1.807) is 18.2 Å². The highest BCUT2D eigenvalue weighted by Gasteiger charge is 2.35. The molecule has 0 bridgehead atoms. The van der Waals surface area contributed by atoms with Gasteiger partial charge in [0.2, 0.25) is 0 Å². The number of benzene rings is 1. The smallest absolute Gasteiger partial charge is 0.270 e. The Balaban J connectivity index is 1.31. The summed E-state index contributed by atoms with van der Waals surface area (Å²) in [6, 6.07) is 6.44. The highest BCUT2D eigenvalue weighted by atomic mass is 19.1. The minimum Gasteiger partial charge on any atom is -0.482 e. The van der Waals surface area contributed by atoms with Gasteiger partial charge in [-0.1, -0.05) is 13.0 Å². The predicted octanol–water partition coefficient (Wildman–Crippen LogP) is 2.16. The Hall–Kier alpha value is -4.06. The molecule has 1 aliphatic carbocycles. The second kappa shape index (κ2) is 9.67. The molecule has 1 aliphatic heterocycles. The molecule has 3 amide bonds. The number of nitrogens with one attached hydrogen (secondary N) is 3. The van der Waals surface area contributed by atoms with Crippen LogP contribution in [0.5, 0.6) is 5.75 Å². The molecule has 0 spiro atoms. The zero-order chi connectivity index (χ0) is 27.1. The van der Waals surface area contributed by atoms with Crippen LogP contribution in [0.4, 0.5) is 10.1 Å². The molecule has 200 valence electrons. The molecule has 0 unspecified atom stereocenters. The van der Waals surface area contributed by atoms with Gasteiger partial charge in [0.05, 0.1) is 11.9 Å². The van der Waals surface area contributed by atoms with E-state index in [1.807, 2.05) is 6.92 Å². The van der Waals surface area contributed by atoms with Crippen LogP contribution in [-0.4, -0.2) is 51.0 Å². The van der Waals surface area contributed by atoms with E-state index >= 15 is 0 Å². The van der Waals surface area contributed by atoms with Crippen molar-refractivity contribution in [3.63, 3.8) is 0 Å². The first-order valence-corrected chi connectivity index (χ1v) is 12.5. The van der Waals surface area contributed by atoms with Crippen LogP contribution in [-0.2, 0) is 11.3 Å². The van der Waals surface area contributed by atoms with Crippen molar-refractivity contribution in [2.45, 2.75) is 51.6 Å². The van der Waals surface area contributed by atoms with Crippen molar-refractivity contribution in [2.24, 2.45) is 11.1 Å². The number of amides is 3. The number of halogens is 1. The highest BCUT2D eigenvalue weighted by Crippen LogP contribution is 2.39. The van der Waals surface area contributed by atoms with Crippen LogP contribution < -0.4 is 26.4 Å². The van der Waals surface area contributed by atoms with E-state index < -0.39 is 17.6 Å². The van der Waals surface area contributed by atoms with Gasteiger partial charge in [0.15, 0.2) is 18.1 Å². The zero-order valence-electron chi connectivity index (χ0n) is 21.3. The third-order valence-corrected chi connectivity index (χ3v) is 7.30. The fourth-order valence-electron chi connectivity index (χ4n) is 4.71. The quantitative estimate of drug-likeness (QED) is 0.386. The van der Waals surface area contributed by atoms with Crippen LogP contribution in [0, 0.1) is 11.2 Å². The average molecular weight is 524 g/mol. The fraction of sp³-hybridized carbons (Fsp3) is 0.423. The first-order chi connectivity index (χ1) is 18.0. The molecule has 0 radical (unpaired) electrons. The molecule has 5 rings (SSSR count). The molecule has 1 fully saturated rings. The third-order valence-electron chi connectivity index (χ3n) is 7.30. The number of carbonyl (C=O) groups excluding carboxylic acids is 3. The molecule has 12 heteroatoms. The van der Waals surface area contributed by atoms with Gasteiger partial charge < -0.3 is 26.4 Å². The Morgan fingerprint density at radius 3 is 2.68 bits per heavy atom. The van der Waals surface area contributed by atoms with Gasteiger partial charge >= 0.3 is 0 Å². The monoisotopic (exact) mass is 523 g/mol. The Labute approximate surface area is 218 Å². The maximum absolute atomic E-state index is 14.4. The lowest BCUT2D eigenvalue weighted by Crippen LogP contribution is -2.46. The van der Waals surface area contributed by atoms with Gasteiger partial charge in [0.25, 0.3) is 17.7 Å². The van der Waals surface area contributed by atoms with E-state index in [9.17, 15) is 18.8 Å². The summed E-state index contributed by atoms with van der Waals surface area (Å²) in [5.41, 5.74) is 6.80. The van der Waals surface area contributed by atoms with E-state index in [0.717, 1.165) is 36.4 Å². The van der Waals surface area contributed by atoms with Crippen molar-refractivity contribution in [2.75, 3.05) is 18.5 Å². The number of hydrogen-bond acceptors (Lipinski definition) is 7. The molecular formula is C26H30FN7O4. The maximum Gasteiger partial charge on any atom is 0.270 e. The van der Waals surface area contributed by atoms with Crippen molar-refractivity contribution in [1.29, 1.82) is 0 Å². The lowest BCUT2D eigenvalue weighted by atomic mass is 9.69. The summed E-state index contributed by atoms with van der Waals surface area (Å²) in [6.45, 7) is 4.61. The molecule has 0 atom stereocenters. The maximum atomic E-state index is 14.4. The number of ether oxygens (including phenoxy) is 1. The molecular weight excluding hydrogens is 493 g/mol. The Kier molecular flexibility index (Phi) is 6.51. The number of anilines is 1. The van der Waals surface area contributed by atoms with E-state index in [2.05, 4.69) is 33.0 Å². The standard InChI is InChI=1S/C26H30FN7O4/c1-25(5-7-26(2,28)8-6-25)14-30-24(37)19-10-18(33-22-16(27)12-31-34(19)22)23(36)29-11-15-3-4-20-17(9-15)32-21(35)13-38-20/h3-4,9-10,12H,5-8,11,13-14,28H2,1-2H3,(H,29,36)(H,30,37)(H,32,35). The van der Waals surface area contributed by atoms with Crippen molar-refractivity contribution >= 4 is 29.1 Å². The molecule has 2 aromatic heterocycles. The SMILES string of the molecule is CC1(N)CCC(C)(CNC(=O)c2cc(C(=O)NCc3ccc4c(c3)NC(=O)CO4)nc3c(F)cnn23)CC1. The van der Waals surface area contributed by atoms with E-state index in [1.165, 1.54) is 6.07 Å². The lowest BCUT2D eigenvalue weighted by molar-refractivity contribution is -0.118. The molecule has 3 heterocycles. The summed E-state index contributed by atoms with van der Waals surface area (Å²) in [4.78, 5) is 41.8. The summed E-state index contributed by atoms with van der Waals surface area (Å²) in [7, 11) is 0. The van der Waals surface area contributed by atoms with Crippen LogP contribution in [0.2, 0.25) is 0 Å². The second-order valence-corrected chi connectivity index (χ2v) is 10.8. The number of aromatic nitrogens is 3. The predicted molar refractivity (Wildman–Crippen MR) is 136 cm³/mol. The molecule has 11 nitrogen and oxygen atoms in total. The molecule has 1 saturated carbocycles. The van der Waals surface area contributed by atoms with Gasteiger partial charge in [-0.3, -0.25) is 14.4 Å². The van der Waals surface area contributed by atoms with Crippen LogP contribution in [0.1, 0.15) is 66.1 Å². The van der Waals surface area contributed by atoms with Gasteiger partial charge in [-0.25, -0.2) is 13.9 Å². The Morgan fingerprint density at radius 1 is 1.16 bits per heavy atom.